The summed E-state index contributed by atoms with van der Waals surface area (Å²) in [7, 11) is 0. The van der Waals surface area contributed by atoms with Crippen LogP contribution in [0.25, 0.3) is 27.1 Å². The molecule has 1 N–H and O–H groups in total. The number of nitrogens with zero attached hydrogens (tertiary/aromatic N) is 4. The zero-order valence-electron chi connectivity index (χ0n) is 17.2. The van der Waals surface area contributed by atoms with Gasteiger partial charge in [0.25, 0.3) is 0 Å². The van der Waals surface area contributed by atoms with Crippen LogP contribution in [0.1, 0.15) is 20.3 Å². The van der Waals surface area contributed by atoms with Crippen molar-refractivity contribution in [1.29, 1.82) is 0 Å². The number of rotatable bonds is 7. The summed E-state index contributed by atoms with van der Waals surface area (Å²) < 4.78 is 44.9. The van der Waals surface area contributed by atoms with Gasteiger partial charge < -0.3 is 14.6 Å². The summed E-state index contributed by atoms with van der Waals surface area (Å²) in [5.41, 5.74) is 2.17. The van der Waals surface area contributed by atoms with Crippen LogP contribution in [0.5, 0.6) is 0 Å². The van der Waals surface area contributed by atoms with Crippen molar-refractivity contribution in [2.75, 3.05) is 11.9 Å². The normalized spacial score (nSPS) is 11.7. The first kappa shape index (κ1) is 23.5. The van der Waals surface area contributed by atoms with E-state index in [1.807, 2.05) is 18.4 Å². The zero-order valence-corrected chi connectivity index (χ0v) is 18.0. The van der Waals surface area contributed by atoms with Gasteiger partial charge in [-0.1, -0.05) is 23.7 Å². The third kappa shape index (κ3) is 5.00. The fourth-order valence-electron chi connectivity index (χ4n) is 3.20. The highest BCUT2D eigenvalue weighted by atomic mass is 35.5. The number of carbonyl (C=O) groups is 1. The molecular weight excluding hydrogens is 447 g/mol. The van der Waals surface area contributed by atoms with Gasteiger partial charge in [-0.15, -0.1) is 0 Å². The van der Waals surface area contributed by atoms with Gasteiger partial charge in [0, 0.05) is 18.8 Å². The molecule has 0 spiro atoms. The first-order chi connectivity index (χ1) is 15.1. The molecular formula is C21H19ClF3N5O2. The number of aryl methyl sites for hydroxylation is 1. The predicted molar refractivity (Wildman–Crippen MR) is 115 cm³/mol. The molecule has 0 fully saturated rings. The molecule has 0 aliphatic rings. The predicted octanol–water partition coefficient (Wildman–Crippen LogP) is 5.62. The van der Waals surface area contributed by atoms with E-state index in [1.165, 1.54) is 30.6 Å². The number of carbonyl (C=O) groups excluding carboxylic acids is 1. The third-order valence-corrected chi connectivity index (χ3v) is 4.81. The molecule has 2 heterocycles. The minimum absolute atomic E-state index is 0.0220. The number of hydrogen-bond acceptors (Lipinski definition) is 4. The molecule has 0 saturated carbocycles. The molecule has 7 nitrogen and oxygen atoms in total. The first-order valence-electron chi connectivity index (χ1n) is 9.63. The molecule has 3 rings (SSSR count). The maximum atomic E-state index is 12.5. The molecule has 0 atom stereocenters. The Balaban J connectivity index is 2.03. The van der Waals surface area contributed by atoms with Crippen molar-refractivity contribution in [3.05, 3.63) is 47.2 Å². The van der Waals surface area contributed by atoms with Crippen LogP contribution in [0.2, 0.25) is 5.15 Å². The highest BCUT2D eigenvalue weighted by molar-refractivity contribution is 6.34. The van der Waals surface area contributed by atoms with Gasteiger partial charge in [0.05, 0.1) is 23.9 Å². The quantitative estimate of drug-likeness (QED) is 0.279. The number of anilines is 1. The lowest BCUT2D eigenvalue weighted by molar-refractivity contribution is -0.167. The Hall–Kier alpha value is -3.16. The van der Waals surface area contributed by atoms with Crippen molar-refractivity contribution >= 4 is 39.9 Å². The number of nitrogens with one attached hydrogen (secondary N) is 1. The molecule has 11 heteroatoms. The van der Waals surface area contributed by atoms with E-state index < -0.39 is 12.1 Å². The van der Waals surface area contributed by atoms with Crippen LogP contribution in [0.3, 0.4) is 0 Å². The van der Waals surface area contributed by atoms with Crippen molar-refractivity contribution in [3.63, 3.8) is 0 Å². The average molecular weight is 466 g/mol. The molecule has 0 unspecified atom stereocenters. The fraction of sp³-hybridized carbons (Fsp3) is 0.333. The Labute approximate surface area is 187 Å². The molecule has 1 amide bonds. The molecule has 0 saturated heterocycles. The maximum Gasteiger partial charge on any atom is 0.471 e. The maximum absolute atomic E-state index is 12.5. The van der Waals surface area contributed by atoms with E-state index in [2.05, 4.69) is 14.8 Å². The number of alkyl halides is 3. The van der Waals surface area contributed by atoms with Crippen LogP contribution in [-0.2, 0) is 16.1 Å². The second kappa shape index (κ2) is 9.54. The summed E-state index contributed by atoms with van der Waals surface area (Å²) in [5, 5.41) is 1.99. The van der Waals surface area contributed by atoms with Crippen molar-refractivity contribution < 1.29 is 22.7 Å². The number of amides is 1. The van der Waals surface area contributed by atoms with Gasteiger partial charge in [-0.2, -0.15) is 13.2 Å². The number of hydrogen-bond donors (Lipinski definition) is 1. The SMILES string of the molecule is [C-]#[N+]c1c(-c2ccc(NC(=O)C(F)(F)F)cc2)n(CCCOC(C)C)c2c(Cl)ncnc12. The molecule has 0 aliphatic heterocycles. The zero-order chi connectivity index (χ0) is 23.5. The van der Waals surface area contributed by atoms with Crippen LogP contribution in [0.4, 0.5) is 24.5 Å². The van der Waals surface area contributed by atoms with Gasteiger partial charge >= 0.3 is 12.1 Å². The Kier molecular flexibility index (Phi) is 7.01. The summed E-state index contributed by atoms with van der Waals surface area (Å²) in [6.07, 6.45) is -3.03. The van der Waals surface area contributed by atoms with Crippen molar-refractivity contribution in [1.82, 2.24) is 14.5 Å². The van der Waals surface area contributed by atoms with E-state index in [1.54, 1.807) is 5.32 Å². The second-order valence-electron chi connectivity index (χ2n) is 7.12. The fourth-order valence-corrected chi connectivity index (χ4v) is 3.43. The van der Waals surface area contributed by atoms with E-state index >= 15 is 0 Å². The Morgan fingerprint density at radius 3 is 2.56 bits per heavy atom. The van der Waals surface area contributed by atoms with Gasteiger partial charge in [-0.05, 0) is 38.0 Å². The summed E-state index contributed by atoms with van der Waals surface area (Å²) in [5.74, 6) is -2.06. The summed E-state index contributed by atoms with van der Waals surface area (Å²) in [4.78, 5) is 23.0. The monoisotopic (exact) mass is 465 g/mol. The molecule has 0 bridgehead atoms. The number of aromatic nitrogens is 3. The lowest BCUT2D eigenvalue weighted by atomic mass is 10.1. The largest absolute Gasteiger partial charge is 0.471 e. The van der Waals surface area contributed by atoms with Crippen LogP contribution < -0.4 is 5.32 Å². The van der Waals surface area contributed by atoms with Crippen molar-refractivity contribution in [2.45, 2.75) is 39.1 Å². The molecule has 0 radical (unpaired) electrons. The molecule has 0 aliphatic carbocycles. The molecule has 2 aromatic heterocycles. The average Bonchev–Trinajstić information content (AvgIpc) is 3.05. The van der Waals surface area contributed by atoms with Gasteiger partial charge in [0.2, 0.25) is 5.69 Å². The topological polar surface area (TPSA) is 73.4 Å². The van der Waals surface area contributed by atoms with Crippen LogP contribution in [0.15, 0.2) is 30.6 Å². The molecule has 3 aromatic rings. The van der Waals surface area contributed by atoms with Crippen LogP contribution >= 0.6 is 11.6 Å². The van der Waals surface area contributed by atoms with Crippen LogP contribution in [-0.4, -0.2) is 39.3 Å². The summed E-state index contributed by atoms with van der Waals surface area (Å²) in [6, 6.07) is 5.72. The molecule has 1 aromatic carbocycles. The number of benzene rings is 1. The molecule has 32 heavy (non-hydrogen) atoms. The number of ether oxygens (including phenoxy) is 1. The molecule has 168 valence electrons. The van der Waals surface area contributed by atoms with Gasteiger partial charge in [0.15, 0.2) is 5.15 Å². The highest BCUT2D eigenvalue weighted by Gasteiger charge is 2.38. The van der Waals surface area contributed by atoms with E-state index in [-0.39, 0.29) is 22.6 Å². The Bertz CT molecular complexity index is 1170. The Morgan fingerprint density at radius 1 is 1.28 bits per heavy atom. The van der Waals surface area contributed by atoms with E-state index in [4.69, 9.17) is 22.9 Å². The van der Waals surface area contributed by atoms with Crippen LogP contribution in [0, 0.1) is 6.57 Å². The van der Waals surface area contributed by atoms with Gasteiger partial charge in [-0.3, -0.25) is 4.79 Å². The minimum atomic E-state index is -4.99. The van der Waals surface area contributed by atoms with Gasteiger partial charge in [0.1, 0.15) is 11.8 Å². The van der Waals surface area contributed by atoms with E-state index in [0.717, 1.165) is 0 Å². The van der Waals surface area contributed by atoms with E-state index in [0.29, 0.717) is 41.9 Å². The van der Waals surface area contributed by atoms with Crippen molar-refractivity contribution in [3.8, 4) is 11.3 Å². The number of halogens is 4. The standard InChI is InChI=1S/C21H19ClF3N5O2/c1-12(2)32-10-4-9-30-17(15(26-3)16-18(30)19(22)28-11-27-16)13-5-7-14(8-6-13)29-20(31)21(23,24)25/h5-8,11-12H,4,9-10H2,1-2H3,(H,29,31). The summed E-state index contributed by atoms with van der Waals surface area (Å²) in [6.45, 7) is 12.5. The second-order valence-corrected chi connectivity index (χ2v) is 7.48. The number of fused-ring (bicyclic) bond motifs is 1. The Morgan fingerprint density at radius 2 is 1.97 bits per heavy atom. The minimum Gasteiger partial charge on any atom is -0.379 e. The smallest absolute Gasteiger partial charge is 0.379 e. The van der Waals surface area contributed by atoms with Gasteiger partial charge in [-0.25, -0.2) is 14.8 Å². The van der Waals surface area contributed by atoms with Crippen molar-refractivity contribution in [2.24, 2.45) is 0 Å². The van der Waals surface area contributed by atoms with E-state index in [9.17, 15) is 18.0 Å². The lowest BCUT2D eigenvalue weighted by Crippen LogP contribution is -2.29. The first-order valence-corrected chi connectivity index (χ1v) is 10.0. The summed E-state index contributed by atoms with van der Waals surface area (Å²) >= 11 is 6.32. The lowest BCUT2D eigenvalue weighted by Gasteiger charge is -2.14. The third-order valence-electron chi connectivity index (χ3n) is 4.53. The highest BCUT2D eigenvalue weighted by Crippen LogP contribution is 2.41.